The second-order valence-corrected chi connectivity index (χ2v) is 9.67. The maximum Gasteiger partial charge on any atom is 0.271 e. The molecule has 1 heterocycles. The van der Waals surface area contributed by atoms with Gasteiger partial charge in [0.25, 0.3) is 11.6 Å². The summed E-state index contributed by atoms with van der Waals surface area (Å²) in [6, 6.07) is 12.2. The van der Waals surface area contributed by atoms with Crippen LogP contribution in [0.1, 0.15) is 5.56 Å². The van der Waals surface area contributed by atoms with Crippen molar-refractivity contribution in [3.05, 3.63) is 64.2 Å². The minimum atomic E-state index is -3.86. The van der Waals surface area contributed by atoms with Crippen molar-refractivity contribution in [2.45, 2.75) is 6.10 Å². The lowest BCUT2D eigenvalue weighted by Crippen LogP contribution is -2.39. The molecule has 1 N–H and O–H groups in total. The third-order valence-electron chi connectivity index (χ3n) is 4.21. The van der Waals surface area contributed by atoms with Crippen molar-refractivity contribution < 1.29 is 22.9 Å². The number of carbonyl (C=O) groups is 1. The first-order valence-corrected chi connectivity index (χ1v) is 12.1. The van der Waals surface area contributed by atoms with E-state index in [1.807, 2.05) is 11.8 Å². The number of hydrogen-bond acceptors (Lipinski definition) is 8. The van der Waals surface area contributed by atoms with Gasteiger partial charge in [0.1, 0.15) is 18.4 Å². The van der Waals surface area contributed by atoms with Crippen LogP contribution < -0.4 is 14.5 Å². The van der Waals surface area contributed by atoms with Crippen LogP contribution in [0, 0.1) is 10.1 Å². The molecule has 0 radical (unpaired) electrons. The molecule has 1 fully saturated rings. The summed E-state index contributed by atoms with van der Waals surface area (Å²) in [5.74, 6) is 2.02. The predicted octanol–water partition coefficient (Wildman–Crippen LogP) is 2.01. The summed E-state index contributed by atoms with van der Waals surface area (Å²) in [5, 5.41) is 14.8. The lowest BCUT2D eigenvalue weighted by Gasteiger charge is -2.25. The van der Waals surface area contributed by atoms with Crippen molar-refractivity contribution >= 4 is 45.3 Å². The maximum atomic E-state index is 12.2. The normalized spacial score (nSPS) is 14.1. The molecule has 0 aromatic heterocycles. The van der Waals surface area contributed by atoms with E-state index in [0.717, 1.165) is 33.9 Å². The van der Waals surface area contributed by atoms with Crippen molar-refractivity contribution in [2.75, 3.05) is 28.6 Å². The largest absolute Gasteiger partial charge is 0.489 e. The van der Waals surface area contributed by atoms with E-state index in [4.69, 9.17) is 4.74 Å². The number of carbonyl (C=O) groups excluding carboxylic acids is 1. The van der Waals surface area contributed by atoms with Crippen LogP contribution in [0.3, 0.4) is 0 Å². The Hall–Kier alpha value is -3.12. The molecule has 2 aromatic carbocycles. The van der Waals surface area contributed by atoms with Gasteiger partial charge in [0.2, 0.25) is 10.0 Å². The van der Waals surface area contributed by atoms with E-state index >= 15 is 0 Å². The van der Waals surface area contributed by atoms with Crippen molar-refractivity contribution in [3.63, 3.8) is 0 Å². The van der Waals surface area contributed by atoms with E-state index in [2.05, 4.69) is 10.5 Å². The Balaban J connectivity index is 1.60. The predicted molar refractivity (Wildman–Crippen MR) is 119 cm³/mol. The summed E-state index contributed by atoms with van der Waals surface area (Å²) in [6.07, 6.45) is 2.57. The van der Waals surface area contributed by atoms with Crippen LogP contribution in [0.4, 0.5) is 11.4 Å². The summed E-state index contributed by atoms with van der Waals surface area (Å²) in [6.45, 7) is -0.580. The average Bonchev–Trinajstić information content (AvgIpc) is 2.69. The third kappa shape index (κ3) is 6.43. The maximum absolute atomic E-state index is 12.2. The summed E-state index contributed by atoms with van der Waals surface area (Å²) in [4.78, 5) is 22.5. The third-order valence-corrected chi connectivity index (χ3v) is 6.56. The first-order chi connectivity index (χ1) is 14.7. The van der Waals surface area contributed by atoms with Crippen molar-refractivity contribution in [1.82, 2.24) is 5.43 Å². The zero-order valence-electron chi connectivity index (χ0n) is 16.5. The molecule has 0 aliphatic carbocycles. The first-order valence-electron chi connectivity index (χ1n) is 9.11. The van der Waals surface area contributed by atoms with Crippen LogP contribution in [0.15, 0.2) is 53.6 Å². The van der Waals surface area contributed by atoms with Crippen molar-refractivity contribution in [1.29, 1.82) is 0 Å². The second-order valence-electron chi connectivity index (χ2n) is 6.69. The molecule has 0 unspecified atom stereocenters. The minimum Gasteiger partial charge on any atom is -0.489 e. The van der Waals surface area contributed by atoms with Gasteiger partial charge in [-0.3, -0.25) is 19.2 Å². The number of nitrogens with one attached hydrogen (secondary N) is 1. The number of rotatable bonds is 9. The molecule has 1 aliphatic rings. The summed E-state index contributed by atoms with van der Waals surface area (Å²) in [5.41, 5.74) is 2.71. The molecule has 31 heavy (non-hydrogen) atoms. The number of thioether (sulfide) groups is 1. The van der Waals surface area contributed by atoms with Crippen LogP contribution in [0.2, 0.25) is 0 Å². The van der Waals surface area contributed by atoms with Gasteiger partial charge in [-0.05, 0) is 35.9 Å². The smallest absolute Gasteiger partial charge is 0.271 e. The second kappa shape index (κ2) is 9.79. The van der Waals surface area contributed by atoms with Crippen molar-refractivity contribution in [3.8, 4) is 5.75 Å². The van der Waals surface area contributed by atoms with Gasteiger partial charge in [-0.25, -0.2) is 13.8 Å². The molecule has 0 atom stereocenters. The number of hydrazone groups is 1. The number of hydrogen-bond donors (Lipinski definition) is 1. The first kappa shape index (κ1) is 22.6. The molecular weight excluding hydrogens is 444 g/mol. The van der Waals surface area contributed by atoms with Crippen LogP contribution >= 0.6 is 11.8 Å². The molecule has 164 valence electrons. The Kier molecular flexibility index (Phi) is 7.13. The van der Waals surface area contributed by atoms with Gasteiger partial charge < -0.3 is 4.74 Å². The number of benzene rings is 2. The highest BCUT2D eigenvalue weighted by atomic mass is 32.2. The molecule has 1 amide bonds. The Morgan fingerprint density at radius 2 is 2.03 bits per heavy atom. The van der Waals surface area contributed by atoms with Gasteiger partial charge in [0.05, 0.1) is 23.1 Å². The molecule has 0 saturated carbocycles. The zero-order chi connectivity index (χ0) is 22.4. The molecule has 0 bridgehead atoms. The van der Waals surface area contributed by atoms with E-state index in [9.17, 15) is 23.3 Å². The summed E-state index contributed by atoms with van der Waals surface area (Å²) >= 11 is 1.83. The molecule has 1 saturated heterocycles. The fraction of sp³-hybridized carbons (Fsp3) is 0.263. The van der Waals surface area contributed by atoms with Gasteiger partial charge in [-0.2, -0.15) is 16.9 Å². The lowest BCUT2D eigenvalue weighted by atomic mass is 10.2. The van der Waals surface area contributed by atoms with Crippen LogP contribution in [-0.2, 0) is 14.8 Å². The van der Waals surface area contributed by atoms with Gasteiger partial charge in [0.15, 0.2) is 0 Å². The number of ether oxygens (including phenoxy) is 1. The monoisotopic (exact) mass is 464 g/mol. The van der Waals surface area contributed by atoms with Gasteiger partial charge in [0, 0.05) is 23.6 Å². The van der Waals surface area contributed by atoms with Gasteiger partial charge in [-0.15, -0.1) is 0 Å². The Morgan fingerprint density at radius 1 is 1.32 bits per heavy atom. The van der Waals surface area contributed by atoms with Crippen LogP contribution in [0.25, 0.3) is 0 Å². The van der Waals surface area contributed by atoms with Gasteiger partial charge in [-0.1, -0.05) is 6.07 Å². The molecular formula is C19H20N4O6S2. The highest BCUT2D eigenvalue weighted by Crippen LogP contribution is 2.24. The number of nitrogens with zero attached hydrogens (tertiary/aromatic N) is 3. The zero-order valence-corrected chi connectivity index (χ0v) is 18.1. The molecule has 3 rings (SSSR count). The summed E-state index contributed by atoms with van der Waals surface area (Å²) in [7, 11) is -3.86. The number of amides is 1. The SMILES string of the molecule is CS(=O)(=O)N(CC(=O)N/N=C\c1ccc(OC2CSC2)cc1)c1cccc([N+](=O)[O-])c1. The Bertz CT molecular complexity index is 1080. The topological polar surface area (TPSA) is 131 Å². The summed E-state index contributed by atoms with van der Waals surface area (Å²) < 4.78 is 30.7. The molecule has 12 heteroatoms. The van der Waals surface area contributed by atoms with E-state index in [-0.39, 0.29) is 17.5 Å². The number of non-ortho nitro benzene ring substituents is 1. The number of nitro benzene ring substituents is 1. The lowest BCUT2D eigenvalue weighted by molar-refractivity contribution is -0.384. The van der Waals surface area contributed by atoms with E-state index in [1.165, 1.54) is 24.4 Å². The quantitative estimate of drug-likeness (QED) is 0.341. The molecule has 0 spiro atoms. The molecule has 1 aliphatic heterocycles. The highest BCUT2D eigenvalue weighted by molar-refractivity contribution is 8.00. The fourth-order valence-electron chi connectivity index (χ4n) is 2.61. The van der Waals surface area contributed by atoms with E-state index in [0.29, 0.717) is 5.56 Å². The number of sulfonamides is 1. The van der Waals surface area contributed by atoms with E-state index < -0.39 is 27.4 Å². The Labute approximate surface area is 183 Å². The van der Waals surface area contributed by atoms with Gasteiger partial charge >= 0.3 is 0 Å². The fourth-order valence-corrected chi connectivity index (χ4v) is 4.03. The number of anilines is 1. The van der Waals surface area contributed by atoms with Crippen LogP contribution in [0.5, 0.6) is 5.75 Å². The molecule has 2 aromatic rings. The minimum absolute atomic E-state index is 0.0104. The highest BCUT2D eigenvalue weighted by Gasteiger charge is 2.22. The van der Waals surface area contributed by atoms with Crippen molar-refractivity contribution in [2.24, 2.45) is 5.10 Å². The standard InChI is InChI=1S/C19H20N4O6S2/c1-31(27,28)22(15-3-2-4-16(9-15)23(25)26)11-19(24)21-20-10-14-5-7-17(8-6-14)29-18-12-30-13-18/h2-10,18H,11-13H2,1H3,(H,21,24)/b20-10-. The average molecular weight is 465 g/mol. The number of nitro groups is 1. The van der Waals surface area contributed by atoms with Crippen LogP contribution in [-0.4, -0.2) is 55.9 Å². The molecule has 10 nitrogen and oxygen atoms in total. The Morgan fingerprint density at radius 3 is 2.61 bits per heavy atom. The van der Waals surface area contributed by atoms with E-state index in [1.54, 1.807) is 24.3 Å².